The zero-order valence-electron chi connectivity index (χ0n) is 9.14. The van der Waals surface area contributed by atoms with Crippen molar-refractivity contribution in [1.82, 2.24) is 4.98 Å². The van der Waals surface area contributed by atoms with Crippen LogP contribution >= 0.6 is 34.8 Å². The van der Waals surface area contributed by atoms with Crippen LogP contribution in [0.5, 0.6) is 0 Å². The Balaban J connectivity index is 2.95. The smallest absolute Gasteiger partial charge is 0.178 e. The Morgan fingerprint density at radius 2 is 1.82 bits per heavy atom. The van der Waals surface area contributed by atoms with Gasteiger partial charge in [0.2, 0.25) is 0 Å². The fourth-order valence-electron chi connectivity index (χ4n) is 1.67. The van der Waals surface area contributed by atoms with Crippen LogP contribution in [0.1, 0.15) is 23.0 Å². The van der Waals surface area contributed by atoms with Gasteiger partial charge in [-0.2, -0.15) is 0 Å². The minimum absolute atomic E-state index is 0.114. The monoisotopic (exact) mass is 287 g/mol. The van der Waals surface area contributed by atoms with E-state index < -0.39 is 0 Å². The molecule has 2 nitrogen and oxygen atoms in total. The lowest BCUT2D eigenvalue weighted by molar-refractivity contribution is 0.101. The summed E-state index contributed by atoms with van der Waals surface area (Å²) in [5, 5.41) is 1.87. The first-order valence-corrected chi connectivity index (χ1v) is 6.01. The van der Waals surface area contributed by atoms with E-state index in [0.717, 1.165) is 5.56 Å². The molecular formula is C12H8Cl3NO. The number of aryl methyl sites for hydroxylation is 1. The van der Waals surface area contributed by atoms with Gasteiger partial charge in [-0.15, -0.1) is 0 Å². The standard InChI is InChI=1S/C12H8Cl3NO/c1-5-3-9(6(2)17)16-12-8(14)4-7(13)11(15)10(5)12/h3-4H,1-2H3. The molecule has 0 N–H and O–H groups in total. The topological polar surface area (TPSA) is 30.0 Å². The van der Waals surface area contributed by atoms with Crippen LogP contribution in [0.25, 0.3) is 10.9 Å². The van der Waals surface area contributed by atoms with Gasteiger partial charge < -0.3 is 0 Å². The highest BCUT2D eigenvalue weighted by atomic mass is 35.5. The molecule has 0 atom stereocenters. The third-order valence-electron chi connectivity index (χ3n) is 2.49. The third-order valence-corrected chi connectivity index (χ3v) is 3.56. The Morgan fingerprint density at radius 3 is 2.41 bits per heavy atom. The fourth-order valence-corrected chi connectivity index (χ4v) is 2.46. The first-order valence-electron chi connectivity index (χ1n) is 4.87. The summed E-state index contributed by atoms with van der Waals surface area (Å²) in [5.41, 5.74) is 1.70. The van der Waals surface area contributed by atoms with Crippen LogP contribution in [0, 0.1) is 6.92 Å². The Hall–Kier alpha value is -0.830. The summed E-state index contributed by atoms with van der Waals surface area (Å²) < 4.78 is 0. The molecule has 2 rings (SSSR count). The largest absolute Gasteiger partial charge is 0.293 e. The van der Waals surface area contributed by atoms with Crippen molar-refractivity contribution >= 4 is 51.5 Å². The summed E-state index contributed by atoms with van der Waals surface area (Å²) in [6.45, 7) is 3.30. The molecule has 0 unspecified atom stereocenters. The van der Waals surface area contributed by atoms with E-state index in [9.17, 15) is 4.79 Å². The van der Waals surface area contributed by atoms with Crippen LogP contribution < -0.4 is 0 Å². The van der Waals surface area contributed by atoms with Crippen LogP contribution in [0.15, 0.2) is 12.1 Å². The summed E-state index contributed by atoms with van der Waals surface area (Å²) in [6.07, 6.45) is 0. The number of Topliss-reactive ketones (excluding diaryl/α,β-unsaturated/α-hetero) is 1. The Kier molecular flexibility index (Phi) is 3.30. The zero-order valence-corrected chi connectivity index (χ0v) is 11.4. The van der Waals surface area contributed by atoms with Crippen molar-refractivity contribution in [2.75, 3.05) is 0 Å². The molecule has 1 aromatic carbocycles. The van der Waals surface area contributed by atoms with Gasteiger partial charge in [-0.1, -0.05) is 34.8 Å². The highest BCUT2D eigenvalue weighted by Crippen LogP contribution is 2.36. The van der Waals surface area contributed by atoms with Gasteiger partial charge in [-0.3, -0.25) is 4.79 Å². The molecule has 0 spiro atoms. The number of hydrogen-bond donors (Lipinski definition) is 0. The maximum Gasteiger partial charge on any atom is 0.178 e. The molecular weight excluding hydrogens is 280 g/mol. The van der Waals surface area contributed by atoms with Crippen molar-refractivity contribution in [2.45, 2.75) is 13.8 Å². The molecule has 1 aromatic heterocycles. The molecule has 0 aliphatic rings. The average molecular weight is 289 g/mol. The van der Waals surface area contributed by atoms with E-state index in [-0.39, 0.29) is 5.78 Å². The number of hydrogen-bond acceptors (Lipinski definition) is 2. The number of ketones is 1. The van der Waals surface area contributed by atoms with Gasteiger partial charge in [0, 0.05) is 12.3 Å². The van der Waals surface area contributed by atoms with Gasteiger partial charge in [0.25, 0.3) is 0 Å². The molecule has 88 valence electrons. The Morgan fingerprint density at radius 1 is 1.18 bits per heavy atom. The average Bonchev–Trinajstić information content (AvgIpc) is 2.25. The number of fused-ring (bicyclic) bond motifs is 1. The number of nitrogens with zero attached hydrogens (tertiary/aromatic N) is 1. The number of benzene rings is 1. The second-order valence-electron chi connectivity index (χ2n) is 3.76. The number of halogens is 3. The van der Waals surface area contributed by atoms with Crippen LogP contribution in [0.2, 0.25) is 15.1 Å². The molecule has 0 amide bonds. The lowest BCUT2D eigenvalue weighted by Gasteiger charge is -2.09. The summed E-state index contributed by atoms with van der Waals surface area (Å²) in [6, 6.07) is 3.22. The van der Waals surface area contributed by atoms with Crippen molar-refractivity contribution in [2.24, 2.45) is 0 Å². The van der Waals surface area contributed by atoms with E-state index in [1.54, 1.807) is 6.07 Å². The molecule has 17 heavy (non-hydrogen) atoms. The highest BCUT2D eigenvalue weighted by molar-refractivity contribution is 6.47. The van der Waals surface area contributed by atoms with Crippen molar-refractivity contribution in [3.8, 4) is 0 Å². The molecule has 5 heteroatoms. The Bertz CT molecular complexity index is 637. The fraction of sp³-hybridized carbons (Fsp3) is 0.167. The quantitative estimate of drug-likeness (QED) is 0.562. The number of pyridine rings is 1. The predicted octanol–water partition coefficient (Wildman–Crippen LogP) is 4.71. The molecule has 1 heterocycles. The maximum atomic E-state index is 11.3. The van der Waals surface area contributed by atoms with Crippen LogP contribution in [0.3, 0.4) is 0 Å². The first kappa shape index (κ1) is 12.6. The molecule has 0 saturated heterocycles. The van der Waals surface area contributed by atoms with E-state index in [2.05, 4.69) is 4.98 Å². The molecule has 0 radical (unpaired) electrons. The Labute approximate surface area is 113 Å². The molecule has 2 aromatic rings. The van der Waals surface area contributed by atoms with Gasteiger partial charge in [0.05, 0.1) is 20.6 Å². The number of carbonyl (C=O) groups is 1. The van der Waals surface area contributed by atoms with E-state index in [4.69, 9.17) is 34.8 Å². The van der Waals surface area contributed by atoms with Crippen molar-refractivity contribution in [3.05, 3.63) is 38.5 Å². The molecule has 0 aliphatic heterocycles. The van der Waals surface area contributed by atoms with E-state index >= 15 is 0 Å². The van der Waals surface area contributed by atoms with Crippen LogP contribution in [-0.2, 0) is 0 Å². The van der Waals surface area contributed by atoms with Gasteiger partial charge in [0.1, 0.15) is 5.69 Å². The van der Waals surface area contributed by atoms with Crippen molar-refractivity contribution in [1.29, 1.82) is 0 Å². The zero-order chi connectivity index (χ0) is 12.7. The van der Waals surface area contributed by atoms with E-state index in [1.807, 2.05) is 6.92 Å². The normalized spacial score (nSPS) is 10.9. The van der Waals surface area contributed by atoms with Gasteiger partial charge >= 0.3 is 0 Å². The van der Waals surface area contributed by atoms with E-state index in [0.29, 0.717) is 31.7 Å². The van der Waals surface area contributed by atoms with Gasteiger partial charge in [-0.25, -0.2) is 4.98 Å². The lowest BCUT2D eigenvalue weighted by atomic mass is 10.1. The number of rotatable bonds is 1. The van der Waals surface area contributed by atoms with Crippen molar-refractivity contribution in [3.63, 3.8) is 0 Å². The van der Waals surface area contributed by atoms with Crippen LogP contribution in [0.4, 0.5) is 0 Å². The number of carbonyl (C=O) groups excluding carboxylic acids is 1. The summed E-state index contributed by atoms with van der Waals surface area (Å²) in [7, 11) is 0. The first-order chi connectivity index (χ1) is 7.91. The van der Waals surface area contributed by atoms with Crippen LogP contribution in [-0.4, -0.2) is 10.8 Å². The maximum absolute atomic E-state index is 11.3. The SMILES string of the molecule is CC(=O)c1cc(C)c2c(Cl)c(Cl)cc(Cl)c2n1. The van der Waals surface area contributed by atoms with Crippen molar-refractivity contribution < 1.29 is 4.79 Å². The third kappa shape index (κ3) is 2.13. The molecule has 0 aliphatic carbocycles. The van der Waals surface area contributed by atoms with Gasteiger partial charge in [0.15, 0.2) is 5.78 Å². The minimum atomic E-state index is -0.114. The second kappa shape index (κ2) is 4.45. The second-order valence-corrected chi connectivity index (χ2v) is 4.95. The van der Waals surface area contributed by atoms with Gasteiger partial charge in [-0.05, 0) is 24.6 Å². The number of aromatic nitrogens is 1. The molecule has 0 bridgehead atoms. The summed E-state index contributed by atoms with van der Waals surface area (Å²) in [5.74, 6) is -0.114. The summed E-state index contributed by atoms with van der Waals surface area (Å²) >= 11 is 18.1. The lowest BCUT2D eigenvalue weighted by Crippen LogP contribution is -1.99. The summed E-state index contributed by atoms with van der Waals surface area (Å²) in [4.78, 5) is 15.6. The predicted molar refractivity (Wildman–Crippen MR) is 71.5 cm³/mol. The molecule has 0 saturated carbocycles. The molecule has 0 fully saturated rings. The van der Waals surface area contributed by atoms with E-state index in [1.165, 1.54) is 13.0 Å². The minimum Gasteiger partial charge on any atom is -0.293 e. The highest BCUT2D eigenvalue weighted by Gasteiger charge is 2.14.